The Morgan fingerprint density at radius 3 is 2.24 bits per heavy atom. The number of carbonyl (C=O) groups excluding carboxylic acids is 2. The molecule has 0 spiro atoms. The van der Waals surface area contributed by atoms with Crippen LogP contribution in [0.3, 0.4) is 0 Å². The second kappa shape index (κ2) is 7.57. The van der Waals surface area contributed by atoms with Gasteiger partial charge in [0, 0.05) is 10.6 Å². The van der Waals surface area contributed by atoms with Crippen LogP contribution in [0, 0.1) is 13.8 Å². The monoisotopic (exact) mass is 360 g/mol. The van der Waals surface area contributed by atoms with Crippen molar-refractivity contribution in [3.63, 3.8) is 0 Å². The summed E-state index contributed by atoms with van der Waals surface area (Å²) in [4.78, 5) is 24.6. The maximum Gasteiger partial charge on any atom is 0.281 e. The first kappa shape index (κ1) is 18.8. The van der Waals surface area contributed by atoms with E-state index in [4.69, 9.17) is 16.3 Å². The quantitative estimate of drug-likeness (QED) is 0.819. The predicted molar refractivity (Wildman–Crippen MR) is 97.7 cm³/mol. The first-order chi connectivity index (χ1) is 11.7. The molecule has 25 heavy (non-hydrogen) atoms. The molecule has 0 aromatic heterocycles. The van der Waals surface area contributed by atoms with E-state index in [1.807, 2.05) is 26.0 Å². The standard InChI is InChI=1S/C19H21ClN2O3/c1-12-5-10-16(13(2)11-12)17(23)21-22-18(24)19(3,4)25-15-8-6-14(20)7-9-15/h5-11H,1-4H3,(H,21,23)(H,22,24). The number of benzene rings is 2. The summed E-state index contributed by atoms with van der Waals surface area (Å²) in [6.07, 6.45) is 0. The largest absolute Gasteiger partial charge is 0.478 e. The van der Waals surface area contributed by atoms with E-state index in [-0.39, 0.29) is 5.91 Å². The molecule has 0 aliphatic heterocycles. The van der Waals surface area contributed by atoms with Crippen molar-refractivity contribution in [3.05, 3.63) is 64.2 Å². The molecular weight excluding hydrogens is 340 g/mol. The second-order valence-electron chi connectivity index (χ2n) is 6.29. The van der Waals surface area contributed by atoms with E-state index in [1.165, 1.54) is 0 Å². The van der Waals surface area contributed by atoms with Gasteiger partial charge >= 0.3 is 0 Å². The van der Waals surface area contributed by atoms with Gasteiger partial charge in [-0.15, -0.1) is 0 Å². The first-order valence-electron chi connectivity index (χ1n) is 7.81. The summed E-state index contributed by atoms with van der Waals surface area (Å²) >= 11 is 5.83. The second-order valence-corrected chi connectivity index (χ2v) is 6.73. The minimum Gasteiger partial charge on any atom is -0.478 e. The van der Waals surface area contributed by atoms with Crippen molar-refractivity contribution in [2.24, 2.45) is 0 Å². The van der Waals surface area contributed by atoms with Gasteiger partial charge in [0.15, 0.2) is 5.60 Å². The molecule has 5 nitrogen and oxygen atoms in total. The molecule has 2 aromatic rings. The average molecular weight is 361 g/mol. The van der Waals surface area contributed by atoms with Crippen LogP contribution >= 0.6 is 11.6 Å². The van der Waals surface area contributed by atoms with Gasteiger partial charge in [0.1, 0.15) is 5.75 Å². The van der Waals surface area contributed by atoms with Crippen molar-refractivity contribution in [1.82, 2.24) is 10.9 Å². The summed E-state index contributed by atoms with van der Waals surface area (Å²) in [5, 5.41) is 0.579. The van der Waals surface area contributed by atoms with Gasteiger partial charge in [-0.05, 0) is 63.6 Å². The van der Waals surface area contributed by atoms with E-state index >= 15 is 0 Å². The Morgan fingerprint density at radius 2 is 1.64 bits per heavy atom. The molecule has 0 bridgehead atoms. The fourth-order valence-corrected chi connectivity index (χ4v) is 2.37. The molecule has 0 aliphatic carbocycles. The van der Waals surface area contributed by atoms with Gasteiger partial charge in [-0.2, -0.15) is 0 Å². The number of nitrogens with one attached hydrogen (secondary N) is 2. The highest BCUT2D eigenvalue weighted by Gasteiger charge is 2.30. The Kier molecular flexibility index (Phi) is 5.69. The summed E-state index contributed by atoms with van der Waals surface area (Å²) < 4.78 is 5.67. The lowest BCUT2D eigenvalue weighted by Gasteiger charge is -2.25. The maximum atomic E-state index is 12.3. The van der Waals surface area contributed by atoms with Crippen LogP contribution in [0.4, 0.5) is 0 Å². The Labute approximate surface area is 152 Å². The number of rotatable bonds is 4. The Morgan fingerprint density at radius 1 is 1.00 bits per heavy atom. The molecule has 0 radical (unpaired) electrons. The van der Waals surface area contributed by atoms with Gasteiger partial charge in [-0.25, -0.2) is 0 Å². The number of halogens is 1. The van der Waals surface area contributed by atoms with Gasteiger partial charge in [0.25, 0.3) is 11.8 Å². The Bertz CT molecular complexity index is 786. The highest BCUT2D eigenvalue weighted by molar-refractivity contribution is 6.30. The minimum atomic E-state index is -1.18. The zero-order valence-electron chi connectivity index (χ0n) is 14.6. The number of aryl methyl sites for hydroxylation is 2. The molecule has 0 saturated heterocycles. The smallest absolute Gasteiger partial charge is 0.281 e. The molecule has 0 heterocycles. The molecule has 0 atom stereocenters. The fraction of sp³-hybridized carbons (Fsp3) is 0.263. The molecule has 0 fully saturated rings. The third-order valence-corrected chi connectivity index (χ3v) is 3.90. The van der Waals surface area contributed by atoms with Crippen LogP contribution in [0.15, 0.2) is 42.5 Å². The van der Waals surface area contributed by atoms with Crippen molar-refractivity contribution < 1.29 is 14.3 Å². The SMILES string of the molecule is Cc1ccc(C(=O)NNC(=O)C(C)(C)Oc2ccc(Cl)cc2)c(C)c1. The third-order valence-electron chi connectivity index (χ3n) is 3.65. The lowest BCUT2D eigenvalue weighted by Crippen LogP contribution is -2.53. The van der Waals surface area contributed by atoms with E-state index in [1.54, 1.807) is 44.2 Å². The molecule has 6 heteroatoms. The Hall–Kier alpha value is -2.53. The molecule has 132 valence electrons. The van der Waals surface area contributed by atoms with E-state index in [2.05, 4.69) is 10.9 Å². The molecule has 0 aliphatic rings. The lowest BCUT2D eigenvalue weighted by molar-refractivity contribution is -0.135. The molecule has 0 unspecified atom stereocenters. The fourth-order valence-electron chi connectivity index (χ4n) is 2.24. The topological polar surface area (TPSA) is 67.4 Å². The van der Waals surface area contributed by atoms with Crippen LogP contribution in [0.1, 0.15) is 35.3 Å². The number of ether oxygens (including phenoxy) is 1. The number of hydrogen-bond acceptors (Lipinski definition) is 3. The van der Waals surface area contributed by atoms with E-state index < -0.39 is 11.5 Å². The number of amides is 2. The van der Waals surface area contributed by atoms with Gasteiger partial charge < -0.3 is 4.74 Å². The van der Waals surface area contributed by atoms with Crippen molar-refractivity contribution >= 4 is 23.4 Å². The van der Waals surface area contributed by atoms with Gasteiger partial charge in [0.05, 0.1) is 0 Å². The van der Waals surface area contributed by atoms with Crippen LogP contribution in [-0.2, 0) is 4.79 Å². The highest BCUT2D eigenvalue weighted by Crippen LogP contribution is 2.21. The lowest BCUT2D eigenvalue weighted by atomic mass is 10.1. The molecular formula is C19H21ClN2O3. The van der Waals surface area contributed by atoms with Crippen molar-refractivity contribution in [1.29, 1.82) is 0 Å². The molecule has 2 aromatic carbocycles. The molecule has 2 amide bonds. The third kappa shape index (κ3) is 4.97. The zero-order chi connectivity index (χ0) is 18.6. The summed E-state index contributed by atoms with van der Waals surface area (Å²) in [6, 6.07) is 12.2. The number of hydrogen-bond donors (Lipinski definition) is 2. The van der Waals surface area contributed by atoms with E-state index in [9.17, 15) is 9.59 Å². The summed E-state index contributed by atoms with van der Waals surface area (Å²) in [7, 11) is 0. The molecule has 2 rings (SSSR count). The van der Waals surface area contributed by atoms with Crippen molar-refractivity contribution in [2.75, 3.05) is 0 Å². The van der Waals surface area contributed by atoms with Crippen LogP contribution < -0.4 is 15.6 Å². The number of carbonyl (C=O) groups is 2. The van der Waals surface area contributed by atoms with Crippen LogP contribution in [0.2, 0.25) is 5.02 Å². The number of hydrazine groups is 1. The van der Waals surface area contributed by atoms with E-state index in [0.29, 0.717) is 16.3 Å². The summed E-state index contributed by atoms with van der Waals surface area (Å²) in [6.45, 7) is 7.02. The van der Waals surface area contributed by atoms with Gasteiger partial charge in [-0.1, -0.05) is 29.3 Å². The molecule has 2 N–H and O–H groups in total. The maximum absolute atomic E-state index is 12.3. The van der Waals surface area contributed by atoms with Gasteiger partial charge in [-0.3, -0.25) is 20.4 Å². The van der Waals surface area contributed by atoms with Crippen LogP contribution in [0.5, 0.6) is 5.75 Å². The Balaban J connectivity index is 1.98. The van der Waals surface area contributed by atoms with Crippen LogP contribution in [0.25, 0.3) is 0 Å². The van der Waals surface area contributed by atoms with Crippen molar-refractivity contribution in [3.8, 4) is 5.75 Å². The average Bonchev–Trinajstić information content (AvgIpc) is 2.54. The van der Waals surface area contributed by atoms with E-state index in [0.717, 1.165) is 11.1 Å². The minimum absolute atomic E-state index is 0.381. The molecule has 0 saturated carbocycles. The van der Waals surface area contributed by atoms with Gasteiger partial charge in [0.2, 0.25) is 0 Å². The summed E-state index contributed by atoms with van der Waals surface area (Å²) in [5.74, 6) is -0.348. The predicted octanol–water partition coefficient (Wildman–Crippen LogP) is 3.58. The van der Waals surface area contributed by atoms with Crippen LogP contribution in [-0.4, -0.2) is 17.4 Å². The van der Waals surface area contributed by atoms with Crippen molar-refractivity contribution in [2.45, 2.75) is 33.3 Å². The summed E-state index contributed by atoms with van der Waals surface area (Å²) in [5.41, 5.74) is 6.05. The normalized spacial score (nSPS) is 10.9. The zero-order valence-corrected chi connectivity index (χ0v) is 15.4. The first-order valence-corrected chi connectivity index (χ1v) is 8.19. The highest BCUT2D eigenvalue weighted by atomic mass is 35.5.